The highest BCUT2D eigenvalue weighted by Crippen LogP contribution is 2.50. The lowest BCUT2D eigenvalue weighted by Gasteiger charge is -2.39. The van der Waals surface area contributed by atoms with E-state index in [0.717, 1.165) is 25.0 Å². The minimum atomic E-state index is -3.70. The van der Waals surface area contributed by atoms with Gasteiger partial charge in [0.15, 0.2) is 9.84 Å². The van der Waals surface area contributed by atoms with Crippen molar-refractivity contribution in [1.82, 2.24) is 4.31 Å². The number of piperidine rings is 1. The van der Waals surface area contributed by atoms with Gasteiger partial charge in [0.05, 0.1) is 15.5 Å². The van der Waals surface area contributed by atoms with Gasteiger partial charge in [-0.15, -0.1) is 0 Å². The maximum absolute atomic E-state index is 13.2. The molecule has 11 heteroatoms. The Bertz CT molecular complexity index is 1210. The first-order chi connectivity index (χ1) is 16.0. The quantitative estimate of drug-likeness (QED) is 0.541. The predicted molar refractivity (Wildman–Crippen MR) is 119 cm³/mol. The summed E-state index contributed by atoms with van der Waals surface area (Å²) in [6, 6.07) is 9.75. The SMILES string of the molecule is O=S(=O)(CC1CCC2(CCN(S(=O)(=O)c3ccc(F)cc3)CC2)C1)c1ccc(OC(F)F)cc1. The van der Waals surface area contributed by atoms with Gasteiger partial charge in [0, 0.05) is 13.1 Å². The molecule has 2 aromatic rings. The zero-order chi connectivity index (χ0) is 24.6. The van der Waals surface area contributed by atoms with Gasteiger partial charge in [-0.25, -0.2) is 21.2 Å². The van der Waals surface area contributed by atoms with E-state index in [4.69, 9.17) is 0 Å². The fraction of sp³-hybridized carbons (Fsp3) is 0.478. The van der Waals surface area contributed by atoms with Crippen molar-refractivity contribution in [3.63, 3.8) is 0 Å². The number of hydrogen-bond acceptors (Lipinski definition) is 5. The Labute approximate surface area is 197 Å². The van der Waals surface area contributed by atoms with Crippen LogP contribution in [-0.2, 0) is 19.9 Å². The van der Waals surface area contributed by atoms with Crippen LogP contribution in [0, 0.1) is 17.2 Å². The molecule has 1 unspecified atom stereocenters. The van der Waals surface area contributed by atoms with Crippen LogP contribution in [0.3, 0.4) is 0 Å². The fourth-order valence-corrected chi connectivity index (χ4v) is 8.20. The van der Waals surface area contributed by atoms with Gasteiger partial charge in [-0.1, -0.05) is 0 Å². The lowest BCUT2D eigenvalue weighted by atomic mass is 9.77. The van der Waals surface area contributed by atoms with Crippen molar-refractivity contribution < 1.29 is 34.7 Å². The highest BCUT2D eigenvalue weighted by atomic mass is 32.2. The number of sulfonamides is 1. The largest absolute Gasteiger partial charge is 0.435 e. The van der Waals surface area contributed by atoms with Crippen LogP contribution < -0.4 is 4.74 Å². The smallest absolute Gasteiger partial charge is 0.387 e. The monoisotopic (exact) mass is 517 g/mol. The van der Waals surface area contributed by atoms with Crippen molar-refractivity contribution in [3.8, 4) is 5.75 Å². The van der Waals surface area contributed by atoms with Crippen LogP contribution in [-0.4, -0.2) is 46.6 Å². The molecule has 1 atom stereocenters. The third-order valence-electron chi connectivity index (χ3n) is 6.90. The van der Waals surface area contributed by atoms with E-state index in [0.29, 0.717) is 32.4 Å². The van der Waals surface area contributed by atoms with Crippen molar-refractivity contribution >= 4 is 19.9 Å². The van der Waals surface area contributed by atoms with Crippen molar-refractivity contribution in [2.24, 2.45) is 11.3 Å². The first-order valence-electron chi connectivity index (χ1n) is 11.0. The number of alkyl halides is 2. The summed E-state index contributed by atoms with van der Waals surface area (Å²) in [6.45, 7) is -2.30. The van der Waals surface area contributed by atoms with Crippen LogP contribution in [0.15, 0.2) is 58.3 Å². The molecule has 1 spiro atoms. The van der Waals surface area contributed by atoms with E-state index in [1.807, 2.05) is 0 Å². The molecule has 1 aliphatic carbocycles. The van der Waals surface area contributed by atoms with Gasteiger partial charge in [-0.05, 0) is 92.0 Å². The van der Waals surface area contributed by atoms with Crippen LogP contribution >= 0.6 is 0 Å². The maximum atomic E-state index is 13.2. The Morgan fingerprint density at radius 1 is 0.912 bits per heavy atom. The number of benzene rings is 2. The van der Waals surface area contributed by atoms with E-state index < -0.39 is 32.3 Å². The van der Waals surface area contributed by atoms with Crippen molar-refractivity contribution in [3.05, 3.63) is 54.3 Å². The molecule has 1 aliphatic heterocycles. The number of nitrogens with zero attached hydrogens (tertiary/aromatic N) is 1. The minimum Gasteiger partial charge on any atom is -0.435 e. The summed E-state index contributed by atoms with van der Waals surface area (Å²) in [5, 5.41) is 0. The van der Waals surface area contributed by atoms with Gasteiger partial charge in [-0.3, -0.25) is 0 Å². The number of halogens is 3. The van der Waals surface area contributed by atoms with Crippen molar-refractivity contribution in [1.29, 1.82) is 0 Å². The van der Waals surface area contributed by atoms with Gasteiger partial charge in [0.25, 0.3) is 0 Å². The Balaban J connectivity index is 1.36. The molecule has 1 saturated heterocycles. The Kier molecular flexibility index (Phi) is 6.99. The summed E-state index contributed by atoms with van der Waals surface area (Å²) in [7, 11) is -7.30. The summed E-state index contributed by atoms with van der Waals surface area (Å²) >= 11 is 0. The molecule has 6 nitrogen and oxygen atoms in total. The highest BCUT2D eigenvalue weighted by molar-refractivity contribution is 7.91. The van der Waals surface area contributed by atoms with Crippen molar-refractivity contribution in [2.45, 2.75) is 48.5 Å². The lowest BCUT2D eigenvalue weighted by Crippen LogP contribution is -2.42. The van der Waals surface area contributed by atoms with Crippen LogP contribution in [0.25, 0.3) is 0 Å². The Hall–Kier alpha value is -2.11. The molecule has 2 aliphatic rings. The van der Waals surface area contributed by atoms with Gasteiger partial charge >= 0.3 is 6.61 Å². The number of rotatable bonds is 7. The normalized spacial score (nSPS) is 21.2. The summed E-state index contributed by atoms with van der Waals surface area (Å²) in [5.74, 6) is -0.694. The minimum absolute atomic E-state index is 0.0403. The standard InChI is InChI=1S/C23H26F3NO5S2/c24-18-1-5-21(6-2-18)34(30,31)27-13-11-23(12-14-27)10-9-17(15-23)16-33(28,29)20-7-3-19(4-8-20)32-22(25)26/h1-8,17,22H,9-16H2. The molecule has 0 amide bonds. The second-order valence-corrected chi connectivity index (χ2v) is 13.1. The molecule has 2 aromatic carbocycles. The lowest BCUT2D eigenvalue weighted by molar-refractivity contribution is -0.0498. The van der Waals surface area contributed by atoms with Gasteiger partial charge in [0.2, 0.25) is 10.0 Å². The fourth-order valence-electron chi connectivity index (χ4n) is 5.11. The van der Waals surface area contributed by atoms with Crippen LogP contribution in [0.5, 0.6) is 5.75 Å². The topological polar surface area (TPSA) is 80.8 Å². The molecule has 1 saturated carbocycles. The van der Waals surface area contributed by atoms with Gasteiger partial charge in [0.1, 0.15) is 11.6 Å². The molecule has 0 radical (unpaired) electrons. The zero-order valence-electron chi connectivity index (χ0n) is 18.4. The maximum Gasteiger partial charge on any atom is 0.387 e. The average Bonchev–Trinajstić information content (AvgIpc) is 3.15. The molecule has 0 N–H and O–H groups in total. The van der Waals surface area contributed by atoms with Crippen LogP contribution in [0.2, 0.25) is 0 Å². The molecule has 2 fully saturated rings. The molecule has 186 valence electrons. The predicted octanol–water partition coefficient (Wildman–Crippen LogP) is 4.47. The number of ether oxygens (including phenoxy) is 1. The molecular weight excluding hydrogens is 491 g/mol. The van der Waals surface area contributed by atoms with Gasteiger partial charge in [-0.2, -0.15) is 13.1 Å². The highest BCUT2D eigenvalue weighted by Gasteiger charge is 2.44. The molecule has 0 aromatic heterocycles. The van der Waals surface area contributed by atoms with Crippen molar-refractivity contribution in [2.75, 3.05) is 18.8 Å². The van der Waals surface area contributed by atoms with Crippen LogP contribution in [0.4, 0.5) is 13.2 Å². The molecule has 1 heterocycles. The summed E-state index contributed by atoms with van der Waals surface area (Å²) in [4.78, 5) is 0.125. The molecular formula is C23H26F3NO5S2. The second kappa shape index (κ2) is 9.50. The first kappa shape index (κ1) is 25.0. The van der Waals surface area contributed by atoms with Crippen LogP contribution in [0.1, 0.15) is 32.1 Å². The molecule has 34 heavy (non-hydrogen) atoms. The zero-order valence-corrected chi connectivity index (χ0v) is 20.0. The Morgan fingerprint density at radius 3 is 2.09 bits per heavy atom. The van der Waals surface area contributed by atoms with E-state index in [-0.39, 0.29) is 32.6 Å². The van der Waals surface area contributed by atoms with E-state index in [1.165, 1.54) is 40.7 Å². The number of hydrogen-bond donors (Lipinski definition) is 0. The summed E-state index contributed by atoms with van der Waals surface area (Å²) < 4.78 is 94.9. The summed E-state index contributed by atoms with van der Waals surface area (Å²) in [5.41, 5.74) is -0.0933. The number of sulfone groups is 1. The van der Waals surface area contributed by atoms with E-state index >= 15 is 0 Å². The van der Waals surface area contributed by atoms with Gasteiger partial charge < -0.3 is 4.74 Å². The molecule has 0 bridgehead atoms. The van der Waals surface area contributed by atoms with E-state index in [2.05, 4.69) is 4.74 Å². The Morgan fingerprint density at radius 2 is 1.50 bits per heavy atom. The van der Waals surface area contributed by atoms with E-state index in [9.17, 15) is 30.0 Å². The second-order valence-electron chi connectivity index (χ2n) is 9.10. The summed E-state index contributed by atoms with van der Waals surface area (Å²) in [6.07, 6.45) is 3.55. The third kappa shape index (κ3) is 5.41. The third-order valence-corrected chi connectivity index (χ3v) is 10.7. The average molecular weight is 518 g/mol. The first-order valence-corrected chi connectivity index (χ1v) is 14.1. The molecule has 4 rings (SSSR count). The van der Waals surface area contributed by atoms with E-state index in [1.54, 1.807) is 0 Å².